The van der Waals surface area contributed by atoms with Crippen molar-refractivity contribution in [1.82, 2.24) is 19.7 Å². The first-order valence-corrected chi connectivity index (χ1v) is 10.9. The first kappa shape index (κ1) is 20.0. The molecule has 2 aliphatic rings. The van der Waals surface area contributed by atoms with Gasteiger partial charge in [-0.3, -0.25) is 14.5 Å². The number of fused-ring (bicyclic) bond motifs is 1. The maximum Gasteiger partial charge on any atom is 0.256 e. The molecule has 0 radical (unpaired) electrons. The molecule has 4 rings (SSSR count). The molecule has 156 valence electrons. The molecule has 0 aliphatic carbocycles. The van der Waals surface area contributed by atoms with Gasteiger partial charge in [0.1, 0.15) is 0 Å². The lowest BCUT2D eigenvalue weighted by atomic mass is 10.1. The van der Waals surface area contributed by atoms with Gasteiger partial charge in [-0.15, -0.1) is 0 Å². The summed E-state index contributed by atoms with van der Waals surface area (Å²) in [7, 11) is 0. The van der Waals surface area contributed by atoms with Crippen molar-refractivity contribution in [2.75, 3.05) is 45.8 Å². The Bertz CT molecular complexity index is 888. The molecular formula is C23H32N4O2. The molecule has 0 spiro atoms. The number of aryl methyl sites for hydroxylation is 2. The number of H-pyrrole nitrogens is 1. The van der Waals surface area contributed by atoms with Gasteiger partial charge in [0.05, 0.1) is 17.6 Å². The highest BCUT2D eigenvalue weighted by Crippen LogP contribution is 2.25. The van der Waals surface area contributed by atoms with E-state index < -0.39 is 0 Å². The van der Waals surface area contributed by atoms with E-state index in [4.69, 9.17) is 0 Å². The number of piperazine rings is 1. The van der Waals surface area contributed by atoms with Gasteiger partial charge in [-0.25, -0.2) is 0 Å². The van der Waals surface area contributed by atoms with E-state index in [0.29, 0.717) is 19.6 Å². The van der Waals surface area contributed by atoms with Crippen LogP contribution in [-0.2, 0) is 4.79 Å². The van der Waals surface area contributed by atoms with Crippen LogP contribution in [0.4, 0.5) is 0 Å². The number of nitrogens with zero attached hydrogens (tertiary/aromatic N) is 3. The minimum Gasteiger partial charge on any atom is -0.358 e. The minimum atomic E-state index is 0.0790. The van der Waals surface area contributed by atoms with Crippen LogP contribution in [0.25, 0.3) is 10.9 Å². The standard InChI is InChI=1S/C23H32N4O2/c1-17-18(2)24-22-19(17)8-7-9-20(22)23(29)27-14-12-25(13-15-27)16-21(28)26-10-5-3-4-6-11-26/h7-9,24H,3-6,10-16H2,1-2H3. The maximum absolute atomic E-state index is 13.2. The van der Waals surface area contributed by atoms with Crippen LogP contribution in [0.2, 0.25) is 0 Å². The summed E-state index contributed by atoms with van der Waals surface area (Å²) in [6.07, 6.45) is 4.71. The lowest BCUT2D eigenvalue weighted by Crippen LogP contribution is -2.51. The summed E-state index contributed by atoms with van der Waals surface area (Å²) in [5, 5.41) is 1.12. The summed E-state index contributed by atoms with van der Waals surface area (Å²) < 4.78 is 0. The molecule has 2 saturated heterocycles. The second-order valence-electron chi connectivity index (χ2n) is 8.47. The first-order valence-electron chi connectivity index (χ1n) is 10.9. The average Bonchev–Trinajstić information content (AvgIpc) is 2.92. The Morgan fingerprint density at radius 2 is 1.59 bits per heavy atom. The predicted octanol–water partition coefficient (Wildman–Crippen LogP) is 2.95. The van der Waals surface area contributed by atoms with Gasteiger partial charge in [0.25, 0.3) is 5.91 Å². The fraction of sp³-hybridized carbons (Fsp3) is 0.565. The number of hydrogen-bond donors (Lipinski definition) is 1. The Labute approximate surface area is 172 Å². The van der Waals surface area contributed by atoms with Crippen LogP contribution in [0.3, 0.4) is 0 Å². The quantitative estimate of drug-likeness (QED) is 0.868. The van der Waals surface area contributed by atoms with Crippen LogP contribution in [0.1, 0.15) is 47.3 Å². The van der Waals surface area contributed by atoms with E-state index in [1.165, 1.54) is 18.4 Å². The molecule has 0 atom stereocenters. The SMILES string of the molecule is Cc1[nH]c2c(C(=O)N3CCN(CC(=O)N4CCCCCC4)CC3)cccc2c1C. The fourth-order valence-corrected chi connectivity index (χ4v) is 4.55. The number of nitrogens with one attached hydrogen (secondary N) is 1. The van der Waals surface area contributed by atoms with E-state index in [9.17, 15) is 9.59 Å². The van der Waals surface area contributed by atoms with Crippen molar-refractivity contribution in [1.29, 1.82) is 0 Å². The number of aromatic nitrogens is 1. The Morgan fingerprint density at radius 3 is 2.28 bits per heavy atom. The van der Waals surface area contributed by atoms with Crippen molar-refractivity contribution in [3.05, 3.63) is 35.0 Å². The van der Waals surface area contributed by atoms with Crippen molar-refractivity contribution < 1.29 is 9.59 Å². The van der Waals surface area contributed by atoms with Gasteiger partial charge in [-0.1, -0.05) is 25.0 Å². The zero-order chi connectivity index (χ0) is 20.4. The number of carbonyl (C=O) groups excluding carboxylic acids is 2. The molecule has 6 heteroatoms. The van der Waals surface area contributed by atoms with Crippen LogP contribution < -0.4 is 0 Å². The minimum absolute atomic E-state index is 0.0790. The Kier molecular flexibility index (Phi) is 5.90. The molecule has 0 unspecified atom stereocenters. The molecule has 2 aromatic rings. The van der Waals surface area contributed by atoms with E-state index in [-0.39, 0.29) is 11.8 Å². The molecule has 3 heterocycles. The van der Waals surface area contributed by atoms with Gasteiger partial charge in [0.15, 0.2) is 0 Å². The first-order chi connectivity index (χ1) is 14.0. The van der Waals surface area contributed by atoms with E-state index in [0.717, 1.165) is 61.2 Å². The molecule has 1 N–H and O–H groups in total. The normalized spacial score (nSPS) is 18.8. The van der Waals surface area contributed by atoms with E-state index in [2.05, 4.69) is 22.9 Å². The highest BCUT2D eigenvalue weighted by molar-refractivity contribution is 6.06. The number of para-hydroxylation sites is 1. The van der Waals surface area contributed by atoms with Gasteiger partial charge in [-0.2, -0.15) is 0 Å². The van der Waals surface area contributed by atoms with Gasteiger partial charge in [0, 0.05) is 50.3 Å². The summed E-state index contributed by atoms with van der Waals surface area (Å²) in [5.41, 5.74) is 3.99. The van der Waals surface area contributed by atoms with Crippen molar-refractivity contribution in [2.45, 2.75) is 39.5 Å². The van der Waals surface area contributed by atoms with Crippen molar-refractivity contribution in [3.8, 4) is 0 Å². The number of carbonyl (C=O) groups is 2. The highest BCUT2D eigenvalue weighted by atomic mass is 16.2. The highest BCUT2D eigenvalue weighted by Gasteiger charge is 2.26. The largest absolute Gasteiger partial charge is 0.358 e. The number of hydrogen-bond acceptors (Lipinski definition) is 3. The molecule has 2 amide bonds. The van der Waals surface area contributed by atoms with Gasteiger partial charge >= 0.3 is 0 Å². The Hall–Kier alpha value is -2.34. The Balaban J connectivity index is 1.36. The zero-order valence-corrected chi connectivity index (χ0v) is 17.7. The summed E-state index contributed by atoms with van der Waals surface area (Å²) in [5.74, 6) is 0.323. The predicted molar refractivity (Wildman–Crippen MR) is 115 cm³/mol. The number of benzene rings is 1. The van der Waals surface area contributed by atoms with Crippen LogP contribution >= 0.6 is 0 Å². The monoisotopic (exact) mass is 396 g/mol. The smallest absolute Gasteiger partial charge is 0.256 e. The third-order valence-corrected chi connectivity index (χ3v) is 6.55. The third-order valence-electron chi connectivity index (χ3n) is 6.55. The molecule has 6 nitrogen and oxygen atoms in total. The van der Waals surface area contributed by atoms with Crippen molar-refractivity contribution in [3.63, 3.8) is 0 Å². The summed E-state index contributed by atoms with van der Waals surface area (Å²) in [6.45, 7) is 9.25. The molecule has 0 bridgehead atoms. The summed E-state index contributed by atoms with van der Waals surface area (Å²) in [4.78, 5) is 35.3. The molecular weight excluding hydrogens is 364 g/mol. The van der Waals surface area contributed by atoms with E-state index >= 15 is 0 Å². The zero-order valence-electron chi connectivity index (χ0n) is 17.7. The maximum atomic E-state index is 13.2. The molecule has 2 fully saturated rings. The van der Waals surface area contributed by atoms with E-state index in [1.807, 2.05) is 28.9 Å². The molecule has 29 heavy (non-hydrogen) atoms. The lowest BCUT2D eigenvalue weighted by Gasteiger charge is -2.35. The molecule has 1 aromatic heterocycles. The second kappa shape index (κ2) is 8.57. The number of likely N-dealkylation sites (tertiary alicyclic amines) is 1. The lowest BCUT2D eigenvalue weighted by molar-refractivity contribution is -0.132. The number of rotatable bonds is 3. The van der Waals surface area contributed by atoms with Crippen LogP contribution in [0, 0.1) is 13.8 Å². The molecule has 1 aromatic carbocycles. The van der Waals surface area contributed by atoms with Crippen LogP contribution in [0.15, 0.2) is 18.2 Å². The van der Waals surface area contributed by atoms with Crippen molar-refractivity contribution >= 4 is 22.7 Å². The number of amides is 2. The molecule has 0 saturated carbocycles. The van der Waals surface area contributed by atoms with Gasteiger partial charge in [0.2, 0.25) is 5.91 Å². The molecule has 2 aliphatic heterocycles. The van der Waals surface area contributed by atoms with Gasteiger partial charge < -0.3 is 14.8 Å². The van der Waals surface area contributed by atoms with Crippen LogP contribution in [-0.4, -0.2) is 77.3 Å². The summed E-state index contributed by atoms with van der Waals surface area (Å²) in [6, 6.07) is 5.94. The van der Waals surface area contributed by atoms with Gasteiger partial charge in [-0.05, 0) is 38.3 Å². The topological polar surface area (TPSA) is 59.7 Å². The Morgan fingerprint density at radius 1 is 0.897 bits per heavy atom. The second-order valence-corrected chi connectivity index (χ2v) is 8.47. The average molecular weight is 397 g/mol. The van der Waals surface area contributed by atoms with E-state index in [1.54, 1.807) is 0 Å². The van der Waals surface area contributed by atoms with Crippen LogP contribution in [0.5, 0.6) is 0 Å². The number of aromatic amines is 1. The third kappa shape index (κ3) is 4.17. The fourth-order valence-electron chi connectivity index (χ4n) is 4.55. The summed E-state index contributed by atoms with van der Waals surface area (Å²) >= 11 is 0. The van der Waals surface area contributed by atoms with Crippen molar-refractivity contribution in [2.24, 2.45) is 0 Å².